The van der Waals surface area contributed by atoms with Crippen LogP contribution in [0, 0.1) is 0 Å². The predicted octanol–water partition coefficient (Wildman–Crippen LogP) is 3.91. The molecule has 0 saturated heterocycles. The molecule has 0 bridgehead atoms. The highest BCUT2D eigenvalue weighted by atomic mass is 35.5. The largest absolute Gasteiger partial charge is 0.218 e. The van der Waals surface area contributed by atoms with Gasteiger partial charge in [0, 0.05) is 19.0 Å². The molecule has 0 amide bonds. The molecule has 0 radical (unpaired) electrons. The fourth-order valence-corrected chi connectivity index (χ4v) is 4.55. The van der Waals surface area contributed by atoms with Crippen LogP contribution in [0.2, 0.25) is 0 Å². The second kappa shape index (κ2) is 7.61. The zero-order chi connectivity index (χ0) is 15.3. The van der Waals surface area contributed by atoms with Gasteiger partial charge in [0.05, 0.1) is 5.75 Å². The smallest absolute Gasteiger partial charge is 0.212 e. The Kier molecular flexibility index (Phi) is 6.08. The third-order valence-corrected chi connectivity index (χ3v) is 6.49. The molecule has 5 heteroatoms. The van der Waals surface area contributed by atoms with Gasteiger partial charge in [-0.25, -0.2) is 12.7 Å². The molecule has 1 aromatic carbocycles. The lowest BCUT2D eigenvalue weighted by atomic mass is 10.1. The normalized spacial score (nSPS) is 17.9. The number of hydrogen-bond acceptors (Lipinski definition) is 2. The van der Waals surface area contributed by atoms with Crippen LogP contribution in [0.25, 0.3) is 0 Å². The Bertz CT molecular complexity index is 534. The molecule has 0 N–H and O–H groups in total. The van der Waals surface area contributed by atoms with Crippen molar-refractivity contribution in [3.8, 4) is 0 Å². The Labute approximate surface area is 133 Å². The van der Waals surface area contributed by atoms with E-state index in [1.165, 1.54) is 12.8 Å². The minimum Gasteiger partial charge on any atom is -0.212 e. The van der Waals surface area contributed by atoms with Gasteiger partial charge in [0.1, 0.15) is 0 Å². The monoisotopic (exact) mass is 329 g/mol. The van der Waals surface area contributed by atoms with E-state index < -0.39 is 10.0 Å². The second-order valence-electron chi connectivity index (χ2n) is 5.87. The van der Waals surface area contributed by atoms with Gasteiger partial charge in [-0.05, 0) is 24.0 Å². The highest BCUT2D eigenvalue weighted by Crippen LogP contribution is 2.24. The maximum Gasteiger partial charge on any atom is 0.218 e. The first-order valence-corrected chi connectivity index (χ1v) is 9.77. The molecule has 0 heterocycles. The molecule has 1 aromatic rings. The van der Waals surface area contributed by atoms with Crippen molar-refractivity contribution in [1.82, 2.24) is 4.31 Å². The molecule has 0 unspecified atom stereocenters. The quantitative estimate of drug-likeness (QED) is 0.606. The fourth-order valence-electron chi connectivity index (χ4n) is 2.89. The molecule has 2 rings (SSSR count). The van der Waals surface area contributed by atoms with Gasteiger partial charge in [-0.2, -0.15) is 0 Å². The van der Waals surface area contributed by atoms with E-state index in [0.717, 1.165) is 36.8 Å². The Morgan fingerprint density at radius 2 is 1.57 bits per heavy atom. The Morgan fingerprint density at radius 1 is 1.05 bits per heavy atom. The standard InChI is InChI=1S/C16H24ClNO2S/c1-18(16-6-4-2-3-5-7-16)21(19,20)13-15-10-8-14(12-17)9-11-15/h8-11,16H,2-7,12-13H2,1H3. The molecule has 0 atom stereocenters. The van der Waals surface area contributed by atoms with Gasteiger partial charge in [-0.1, -0.05) is 49.9 Å². The van der Waals surface area contributed by atoms with E-state index in [2.05, 4.69) is 0 Å². The van der Waals surface area contributed by atoms with Crippen molar-refractivity contribution in [2.24, 2.45) is 0 Å². The first-order valence-electron chi connectivity index (χ1n) is 7.62. The van der Waals surface area contributed by atoms with Crippen LogP contribution < -0.4 is 0 Å². The third kappa shape index (κ3) is 4.70. The van der Waals surface area contributed by atoms with E-state index in [1.54, 1.807) is 11.4 Å². The van der Waals surface area contributed by atoms with E-state index in [0.29, 0.717) is 5.88 Å². The maximum absolute atomic E-state index is 12.6. The molecule has 21 heavy (non-hydrogen) atoms. The predicted molar refractivity (Wildman–Crippen MR) is 87.9 cm³/mol. The molecular weight excluding hydrogens is 306 g/mol. The second-order valence-corrected chi connectivity index (χ2v) is 8.16. The number of alkyl halides is 1. The van der Waals surface area contributed by atoms with E-state index >= 15 is 0 Å². The minimum atomic E-state index is -3.25. The van der Waals surface area contributed by atoms with Gasteiger partial charge in [0.2, 0.25) is 10.0 Å². The van der Waals surface area contributed by atoms with Crippen molar-refractivity contribution >= 4 is 21.6 Å². The summed E-state index contributed by atoms with van der Waals surface area (Å²) in [5, 5.41) is 0. The fraction of sp³-hybridized carbons (Fsp3) is 0.625. The van der Waals surface area contributed by atoms with Gasteiger partial charge >= 0.3 is 0 Å². The Balaban J connectivity index is 2.05. The van der Waals surface area contributed by atoms with Crippen LogP contribution in [0.4, 0.5) is 0 Å². The number of hydrogen-bond donors (Lipinski definition) is 0. The van der Waals surface area contributed by atoms with Gasteiger partial charge in [0.25, 0.3) is 0 Å². The van der Waals surface area contributed by atoms with Crippen LogP contribution in [0.15, 0.2) is 24.3 Å². The third-order valence-electron chi connectivity index (χ3n) is 4.30. The maximum atomic E-state index is 12.6. The number of rotatable bonds is 5. The molecule has 1 saturated carbocycles. The summed E-state index contributed by atoms with van der Waals surface area (Å²) in [6.07, 6.45) is 6.69. The lowest BCUT2D eigenvalue weighted by Gasteiger charge is -2.26. The number of nitrogens with zero attached hydrogens (tertiary/aromatic N) is 1. The Hall–Kier alpha value is -0.580. The van der Waals surface area contributed by atoms with Crippen LogP contribution in [-0.4, -0.2) is 25.8 Å². The highest BCUT2D eigenvalue weighted by molar-refractivity contribution is 7.88. The summed E-state index contributed by atoms with van der Waals surface area (Å²) in [5.41, 5.74) is 1.83. The van der Waals surface area contributed by atoms with Crippen LogP contribution >= 0.6 is 11.6 Å². The van der Waals surface area contributed by atoms with Crippen LogP contribution in [0.3, 0.4) is 0 Å². The van der Waals surface area contributed by atoms with Crippen molar-refractivity contribution in [2.75, 3.05) is 7.05 Å². The zero-order valence-corrected chi connectivity index (χ0v) is 14.2. The van der Waals surface area contributed by atoms with Crippen molar-refractivity contribution in [3.63, 3.8) is 0 Å². The lowest BCUT2D eigenvalue weighted by Crippen LogP contribution is -2.37. The van der Waals surface area contributed by atoms with E-state index in [1.807, 2.05) is 24.3 Å². The van der Waals surface area contributed by atoms with Crippen LogP contribution in [0.5, 0.6) is 0 Å². The Morgan fingerprint density at radius 3 is 2.10 bits per heavy atom. The summed E-state index contributed by atoms with van der Waals surface area (Å²) in [7, 11) is -1.51. The van der Waals surface area contributed by atoms with Gasteiger partial charge in [-0.15, -0.1) is 11.6 Å². The molecular formula is C16H24ClNO2S. The first kappa shape index (κ1) is 16.8. The van der Waals surface area contributed by atoms with Crippen molar-refractivity contribution in [2.45, 2.75) is 56.2 Å². The average Bonchev–Trinajstić information content (AvgIpc) is 2.76. The minimum absolute atomic E-state index is 0.0720. The molecule has 1 aliphatic rings. The van der Waals surface area contributed by atoms with E-state index in [-0.39, 0.29) is 11.8 Å². The van der Waals surface area contributed by atoms with Crippen molar-refractivity contribution in [1.29, 1.82) is 0 Å². The summed E-state index contributed by atoms with van der Waals surface area (Å²) in [6, 6.07) is 7.67. The van der Waals surface area contributed by atoms with Gasteiger partial charge in [0.15, 0.2) is 0 Å². The van der Waals surface area contributed by atoms with E-state index in [4.69, 9.17) is 11.6 Å². The topological polar surface area (TPSA) is 37.4 Å². The lowest BCUT2D eigenvalue weighted by molar-refractivity contribution is 0.335. The van der Waals surface area contributed by atoms with Crippen LogP contribution in [0.1, 0.15) is 49.7 Å². The molecule has 0 aliphatic heterocycles. The van der Waals surface area contributed by atoms with Crippen molar-refractivity contribution in [3.05, 3.63) is 35.4 Å². The number of sulfonamides is 1. The zero-order valence-electron chi connectivity index (χ0n) is 12.6. The van der Waals surface area contributed by atoms with Crippen LogP contribution in [-0.2, 0) is 21.7 Å². The van der Waals surface area contributed by atoms with E-state index in [9.17, 15) is 8.42 Å². The molecule has 1 aliphatic carbocycles. The molecule has 3 nitrogen and oxygen atoms in total. The molecule has 118 valence electrons. The van der Waals surface area contributed by atoms with Gasteiger partial charge in [-0.3, -0.25) is 0 Å². The molecule has 0 spiro atoms. The highest BCUT2D eigenvalue weighted by Gasteiger charge is 2.26. The molecule has 1 fully saturated rings. The first-order chi connectivity index (χ1) is 10.0. The summed E-state index contributed by atoms with van der Waals surface area (Å²) >= 11 is 5.75. The summed E-state index contributed by atoms with van der Waals surface area (Å²) in [5.74, 6) is 0.525. The number of benzene rings is 1. The summed E-state index contributed by atoms with van der Waals surface area (Å²) in [6.45, 7) is 0. The molecule has 0 aromatic heterocycles. The summed E-state index contributed by atoms with van der Waals surface area (Å²) < 4.78 is 26.7. The number of halogens is 1. The average molecular weight is 330 g/mol. The van der Waals surface area contributed by atoms with Gasteiger partial charge < -0.3 is 0 Å². The SMILES string of the molecule is CN(C1CCCCCC1)S(=O)(=O)Cc1ccc(CCl)cc1. The van der Waals surface area contributed by atoms with Crippen molar-refractivity contribution < 1.29 is 8.42 Å². The summed E-state index contributed by atoms with van der Waals surface area (Å²) in [4.78, 5) is 0.